The van der Waals surface area contributed by atoms with Crippen LogP contribution in [0.1, 0.15) is 12.5 Å². The van der Waals surface area contributed by atoms with E-state index < -0.39 is 0 Å². The van der Waals surface area contributed by atoms with Crippen molar-refractivity contribution in [3.63, 3.8) is 0 Å². The monoisotopic (exact) mass is 295 g/mol. The number of nitrogens with zero attached hydrogens (tertiary/aromatic N) is 2. The van der Waals surface area contributed by atoms with E-state index in [9.17, 15) is 9.18 Å². The molecule has 1 aromatic rings. The molecule has 0 radical (unpaired) electrons. The van der Waals surface area contributed by atoms with Crippen molar-refractivity contribution in [1.82, 2.24) is 10.2 Å². The fraction of sp³-hybridized carbons (Fsp3) is 0.533. The number of anilines is 1. The number of hydrogen-bond donors (Lipinski definition) is 1. The molecule has 0 aliphatic carbocycles. The summed E-state index contributed by atoms with van der Waals surface area (Å²) in [7, 11) is 1.80. The average Bonchev–Trinajstić information content (AvgIpc) is 2.50. The lowest BCUT2D eigenvalue weighted by molar-refractivity contribution is 0.105. The van der Waals surface area contributed by atoms with Crippen LogP contribution in [0.3, 0.4) is 0 Å². The van der Waals surface area contributed by atoms with Gasteiger partial charge in [0.25, 0.3) is 0 Å². The average molecular weight is 295 g/mol. The lowest BCUT2D eigenvalue weighted by Crippen LogP contribution is -2.49. The van der Waals surface area contributed by atoms with Crippen LogP contribution in [0, 0.1) is 5.82 Å². The van der Waals surface area contributed by atoms with Crippen LogP contribution >= 0.6 is 0 Å². The van der Waals surface area contributed by atoms with Crippen molar-refractivity contribution < 1.29 is 13.9 Å². The van der Waals surface area contributed by atoms with Crippen molar-refractivity contribution in [2.45, 2.75) is 13.5 Å². The highest BCUT2D eigenvalue weighted by Crippen LogP contribution is 2.24. The highest BCUT2D eigenvalue weighted by atomic mass is 19.1. The van der Waals surface area contributed by atoms with E-state index >= 15 is 0 Å². The second-order valence-corrected chi connectivity index (χ2v) is 4.94. The Kier molecular flexibility index (Phi) is 5.38. The first-order valence-corrected chi connectivity index (χ1v) is 7.26. The number of amides is 1. The van der Waals surface area contributed by atoms with Crippen LogP contribution in [0.15, 0.2) is 18.2 Å². The van der Waals surface area contributed by atoms with Gasteiger partial charge in [-0.05, 0) is 26.1 Å². The number of piperazine rings is 1. The van der Waals surface area contributed by atoms with Crippen molar-refractivity contribution in [2.75, 3.05) is 44.7 Å². The van der Waals surface area contributed by atoms with Gasteiger partial charge < -0.3 is 19.9 Å². The molecule has 0 spiro atoms. The standard InChI is InChI=1S/C15H22FN3O2/c1-3-21-15(20)19-9-7-18(8-10-19)14-6-4-5-13(16)12(14)11-17-2/h4-6,17H,3,7-11H2,1-2H3. The van der Waals surface area contributed by atoms with E-state index in [2.05, 4.69) is 10.2 Å². The minimum atomic E-state index is -0.271. The molecule has 1 aromatic carbocycles. The van der Waals surface area contributed by atoms with E-state index in [1.807, 2.05) is 6.07 Å². The Morgan fingerprint density at radius 1 is 1.33 bits per heavy atom. The molecule has 0 saturated carbocycles. The first-order chi connectivity index (χ1) is 10.2. The van der Waals surface area contributed by atoms with E-state index in [-0.39, 0.29) is 11.9 Å². The summed E-state index contributed by atoms with van der Waals surface area (Å²) >= 11 is 0. The van der Waals surface area contributed by atoms with Crippen LogP contribution in [-0.2, 0) is 11.3 Å². The van der Waals surface area contributed by atoms with Crippen LogP contribution in [0.4, 0.5) is 14.9 Å². The first kappa shape index (κ1) is 15.6. The van der Waals surface area contributed by atoms with E-state index in [4.69, 9.17) is 4.74 Å². The molecular weight excluding hydrogens is 273 g/mol. The Bertz CT molecular complexity index is 488. The number of halogens is 1. The largest absolute Gasteiger partial charge is 0.450 e. The van der Waals surface area contributed by atoms with Crippen LogP contribution in [0.2, 0.25) is 0 Å². The third kappa shape index (κ3) is 3.64. The highest BCUT2D eigenvalue weighted by molar-refractivity contribution is 5.68. The van der Waals surface area contributed by atoms with Gasteiger partial charge >= 0.3 is 6.09 Å². The van der Waals surface area contributed by atoms with Gasteiger partial charge in [-0.2, -0.15) is 0 Å². The SMILES string of the molecule is CCOC(=O)N1CCN(c2cccc(F)c2CNC)CC1. The van der Waals surface area contributed by atoms with Gasteiger partial charge in [0.2, 0.25) is 0 Å². The molecule has 1 amide bonds. The summed E-state index contributed by atoms with van der Waals surface area (Å²) in [5.74, 6) is -0.199. The lowest BCUT2D eigenvalue weighted by atomic mass is 10.1. The zero-order valence-electron chi connectivity index (χ0n) is 12.6. The maximum absolute atomic E-state index is 13.9. The molecular formula is C15H22FN3O2. The summed E-state index contributed by atoms with van der Waals surface area (Å²) < 4.78 is 18.9. The molecule has 1 heterocycles. The zero-order valence-corrected chi connectivity index (χ0v) is 12.6. The van der Waals surface area contributed by atoms with Crippen molar-refractivity contribution in [1.29, 1.82) is 0 Å². The minimum Gasteiger partial charge on any atom is -0.450 e. The molecule has 1 saturated heterocycles. The van der Waals surface area contributed by atoms with Crippen LogP contribution in [0.25, 0.3) is 0 Å². The van der Waals surface area contributed by atoms with Gasteiger partial charge in [-0.15, -0.1) is 0 Å². The molecule has 1 aliphatic heterocycles. The molecule has 0 bridgehead atoms. The number of carbonyl (C=O) groups excluding carboxylic acids is 1. The Morgan fingerprint density at radius 3 is 2.67 bits per heavy atom. The van der Waals surface area contributed by atoms with E-state index in [1.165, 1.54) is 6.07 Å². The van der Waals surface area contributed by atoms with Gasteiger partial charge in [-0.25, -0.2) is 9.18 Å². The number of rotatable bonds is 4. The van der Waals surface area contributed by atoms with Gasteiger partial charge in [-0.3, -0.25) is 0 Å². The molecule has 6 heteroatoms. The molecule has 1 fully saturated rings. The van der Waals surface area contributed by atoms with Crippen LogP contribution in [0.5, 0.6) is 0 Å². The summed E-state index contributed by atoms with van der Waals surface area (Å²) in [5, 5.41) is 3.00. The summed E-state index contributed by atoms with van der Waals surface area (Å²) in [6.45, 7) is 5.21. The number of benzene rings is 1. The summed E-state index contributed by atoms with van der Waals surface area (Å²) in [5.41, 5.74) is 1.57. The maximum Gasteiger partial charge on any atom is 0.409 e. The number of carbonyl (C=O) groups is 1. The summed E-state index contributed by atoms with van der Waals surface area (Å²) in [6.07, 6.45) is -0.271. The molecule has 1 aliphatic rings. The fourth-order valence-corrected chi connectivity index (χ4v) is 2.54. The number of nitrogens with one attached hydrogen (secondary N) is 1. The summed E-state index contributed by atoms with van der Waals surface area (Å²) in [4.78, 5) is 15.5. The molecule has 116 valence electrons. The quantitative estimate of drug-likeness (QED) is 0.920. The normalized spacial score (nSPS) is 15.2. The Hall–Kier alpha value is -1.82. The van der Waals surface area contributed by atoms with Gasteiger partial charge in [0.15, 0.2) is 0 Å². The van der Waals surface area contributed by atoms with Gasteiger partial charge in [0.1, 0.15) is 5.82 Å². The second kappa shape index (κ2) is 7.26. The number of hydrogen-bond acceptors (Lipinski definition) is 4. The third-order valence-electron chi connectivity index (χ3n) is 3.59. The van der Waals surface area contributed by atoms with Gasteiger partial charge in [0, 0.05) is 44.0 Å². The van der Waals surface area contributed by atoms with Gasteiger partial charge in [-0.1, -0.05) is 6.07 Å². The summed E-state index contributed by atoms with van der Waals surface area (Å²) in [6, 6.07) is 5.13. The molecule has 1 N–H and O–H groups in total. The highest BCUT2D eigenvalue weighted by Gasteiger charge is 2.23. The first-order valence-electron chi connectivity index (χ1n) is 7.26. The Morgan fingerprint density at radius 2 is 2.05 bits per heavy atom. The smallest absolute Gasteiger partial charge is 0.409 e. The van der Waals surface area contributed by atoms with Crippen LogP contribution in [-0.4, -0.2) is 50.8 Å². The molecule has 5 nitrogen and oxygen atoms in total. The predicted molar refractivity (Wildman–Crippen MR) is 80.0 cm³/mol. The number of ether oxygens (including phenoxy) is 1. The fourth-order valence-electron chi connectivity index (χ4n) is 2.54. The molecule has 0 unspecified atom stereocenters. The van der Waals surface area contributed by atoms with Crippen molar-refractivity contribution in [2.24, 2.45) is 0 Å². The van der Waals surface area contributed by atoms with Gasteiger partial charge in [0.05, 0.1) is 6.61 Å². The minimum absolute atomic E-state index is 0.199. The maximum atomic E-state index is 13.9. The molecule has 0 aromatic heterocycles. The zero-order chi connectivity index (χ0) is 15.2. The van der Waals surface area contributed by atoms with E-state index in [0.29, 0.717) is 44.9 Å². The Balaban J connectivity index is 2.05. The topological polar surface area (TPSA) is 44.8 Å². The van der Waals surface area contributed by atoms with Crippen molar-refractivity contribution >= 4 is 11.8 Å². The lowest BCUT2D eigenvalue weighted by Gasteiger charge is -2.36. The van der Waals surface area contributed by atoms with Crippen molar-refractivity contribution in [3.05, 3.63) is 29.6 Å². The molecule has 2 rings (SSSR count). The Labute approximate surface area is 124 Å². The van der Waals surface area contributed by atoms with E-state index in [1.54, 1.807) is 24.9 Å². The second-order valence-electron chi connectivity index (χ2n) is 4.94. The molecule has 21 heavy (non-hydrogen) atoms. The predicted octanol–water partition coefficient (Wildman–Crippen LogP) is 1.82. The van der Waals surface area contributed by atoms with Crippen molar-refractivity contribution in [3.8, 4) is 0 Å². The van der Waals surface area contributed by atoms with Crippen LogP contribution < -0.4 is 10.2 Å². The van der Waals surface area contributed by atoms with E-state index in [0.717, 1.165) is 5.69 Å². The third-order valence-corrected chi connectivity index (χ3v) is 3.59. The molecule has 0 atom stereocenters.